The van der Waals surface area contributed by atoms with Crippen LogP contribution in [0.2, 0.25) is 0 Å². The minimum absolute atomic E-state index is 0.280. The lowest BCUT2D eigenvalue weighted by molar-refractivity contribution is -0.0398. The second kappa shape index (κ2) is 7.68. The van der Waals surface area contributed by atoms with Gasteiger partial charge in [0.15, 0.2) is 0 Å². The smallest absolute Gasteiger partial charge is 0.235 e. The first-order chi connectivity index (χ1) is 15.3. The van der Waals surface area contributed by atoms with E-state index in [1.54, 1.807) is 17.1 Å². The lowest BCUT2D eigenvalue weighted by atomic mass is 9.87. The van der Waals surface area contributed by atoms with E-state index >= 15 is 0 Å². The van der Waals surface area contributed by atoms with Crippen LogP contribution in [0.3, 0.4) is 0 Å². The highest BCUT2D eigenvalue weighted by Crippen LogP contribution is 2.42. The maximum absolute atomic E-state index is 12.0. The van der Waals surface area contributed by atoms with Gasteiger partial charge in [-0.05, 0) is 18.9 Å². The number of hydrogen-bond acceptors (Lipinski definition) is 8. The molecule has 12 heteroatoms. The van der Waals surface area contributed by atoms with E-state index in [1.165, 1.54) is 10.6 Å². The van der Waals surface area contributed by atoms with Crippen LogP contribution < -0.4 is 10.2 Å². The maximum atomic E-state index is 12.0. The number of aromatic nitrogens is 4. The summed E-state index contributed by atoms with van der Waals surface area (Å²) < 4.78 is 27.1. The summed E-state index contributed by atoms with van der Waals surface area (Å²) in [5, 5.41) is 7.35. The van der Waals surface area contributed by atoms with Gasteiger partial charge in [-0.3, -0.25) is 9.58 Å². The van der Waals surface area contributed by atoms with Crippen LogP contribution in [0, 0.1) is 6.57 Å². The van der Waals surface area contributed by atoms with Crippen molar-refractivity contribution in [3.8, 4) is 0 Å². The number of nitrogens with zero attached hydrogens (tertiary/aromatic N) is 8. The molecule has 0 radical (unpaired) electrons. The second-order valence-corrected chi connectivity index (χ2v) is 11.0. The van der Waals surface area contributed by atoms with Crippen molar-refractivity contribution in [3.63, 3.8) is 0 Å². The van der Waals surface area contributed by atoms with Crippen molar-refractivity contribution in [2.45, 2.75) is 30.5 Å². The van der Waals surface area contributed by atoms with Gasteiger partial charge in [-0.15, -0.1) is 0 Å². The SMILES string of the molecule is [C-]#[N+]CC1(N2[C@@H]3CC[C@H]2CN(c2ccnc(Nc4cnn(C)c4)n2)C3)CN(S(C)(=O)=O)C1. The fourth-order valence-corrected chi connectivity index (χ4v) is 6.35. The standard InChI is InChI=1S/C20H27N9O2S/c1-21-12-20(13-28(14-20)32(3,30)31)29-16-4-5-17(29)11-27(10-16)18-6-7-22-19(25-18)24-15-8-23-26(2)9-15/h6-9,16-17H,4-5,10-14H2,2-3H3,(H,22,24,25)/t16-,17+. The van der Waals surface area contributed by atoms with Gasteiger partial charge in [0.1, 0.15) is 11.4 Å². The molecule has 3 saturated heterocycles. The zero-order chi connectivity index (χ0) is 22.5. The van der Waals surface area contributed by atoms with E-state index in [9.17, 15) is 8.42 Å². The van der Waals surface area contributed by atoms with Crippen molar-refractivity contribution in [2.75, 3.05) is 49.2 Å². The average Bonchev–Trinajstić information content (AvgIpc) is 3.23. The summed E-state index contributed by atoms with van der Waals surface area (Å²) in [5.41, 5.74) is 0.456. The highest BCUT2D eigenvalue weighted by atomic mass is 32.2. The fourth-order valence-electron chi connectivity index (χ4n) is 5.40. The van der Waals surface area contributed by atoms with Gasteiger partial charge in [-0.2, -0.15) is 14.4 Å². The second-order valence-electron chi connectivity index (χ2n) is 9.03. The number of rotatable bonds is 6. The predicted octanol–water partition coefficient (Wildman–Crippen LogP) is 0.540. The number of nitrogens with one attached hydrogen (secondary N) is 1. The minimum atomic E-state index is -3.23. The van der Waals surface area contributed by atoms with E-state index in [-0.39, 0.29) is 17.6 Å². The van der Waals surface area contributed by atoms with Crippen molar-refractivity contribution >= 4 is 27.5 Å². The highest BCUT2D eigenvalue weighted by molar-refractivity contribution is 7.88. The van der Waals surface area contributed by atoms with E-state index in [1.807, 2.05) is 19.3 Å². The summed E-state index contributed by atoms with van der Waals surface area (Å²) in [6.45, 7) is 10.2. The molecule has 5 rings (SSSR count). The zero-order valence-corrected chi connectivity index (χ0v) is 19.0. The summed E-state index contributed by atoms with van der Waals surface area (Å²) in [4.78, 5) is 17.5. The molecule has 2 aromatic rings. The lowest BCUT2D eigenvalue weighted by Gasteiger charge is -2.56. The van der Waals surface area contributed by atoms with Crippen molar-refractivity contribution < 1.29 is 8.42 Å². The molecule has 3 aliphatic heterocycles. The van der Waals surface area contributed by atoms with Crippen LogP contribution in [0.5, 0.6) is 0 Å². The monoisotopic (exact) mass is 457 g/mol. The molecular formula is C20H27N9O2S. The molecule has 11 nitrogen and oxygen atoms in total. The van der Waals surface area contributed by atoms with Gasteiger partial charge in [-0.25, -0.2) is 20.0 Å². The Bertz CT molecular complexity index is 1140. The van der Waals surface area contributed by atoms with Crippen LogP contribution in [0.15, 0.2) is 24.7 Å². The van der Waals surface area contributed by atoms with Gasteiger partial charge in [-0.1, -0.05) is 0 Å². The molecule has 5 heterocycles. The number of fused-ring (bicyclic) bond motifs is 2. The molecule has 0 unspecified atom stereocenters. The Morgan fingerprint density at radius 1 is 1.28 bits per heavy atom. The lowest BCUT2D eigenvalue weighted by Crippen LogP contribution is -2.77. The Morgan fingerprint density at radius 3 is 2.59 bits per heavy atom. The number of piperazine rings is 1. The van der Waals surface area contributed by atoms with E-state index in [0.717, 1.165) is 37.4 Å². The summed E-state index contributed by atoms with van der Waals surface area (Å²) in [5.74, 6) is 1.39. The Kier molecular flexibility index (Phi) is 5.07. The molecule has 2 aromatic heterocycles. The number of sulfonamides is 1. The normalized spacial score (nSPS) is 25.3. The van der Waals surface area contributed by atoms with Crippen LogP contribution in [-0.2, 0) is 17.1 Å². The van der Waals surface area contributed by atoms with Gasteiger partial charge in [0.05, 0.1) is 18.1 Å². The summed E-state index contributed by atoms with van der Waals surface area (Å²) in [7, 11) is -1.37. The molecular weight excluding hydrogens is 430 g/mol. The third kappa shape index (κ3) is 3.70. The van der Waals surface area contributed by atoms with Crippen LogP contribution >= 0.6 is 0 Å². The van der Waals surface area contributed by atoms with Gasteiger partial charge in [0, 0.05) is 57.7 Å². The molecule has 0 aromatic carbocycles. The molecule has 32 heavy (non-hydrogen) atoms. The number of aryl methyl sites for hydroxylation is 1. The molecule has 3 aliphatic rings. The third-order valence-corrected chi connectivity index (χ3v) is 7.94. The first kappa shape index (κ1) is 21.1. The van der Waals surface area contributed by atoms with E-state index in [2.05, 4.69) is 30.0 Å². The van der Waals surface area contributed by atoms with Gasteiger partial charge in [0.2, 0.25) is 22.5 Å². The van der Waals surface area contributed by atoms with Gasteiger partial charge >= 0.3 is 0 Å². The van der Waals surface area contributed by atoms with Crippen molar-refractivity contribution in [2.24, 2.45) is 7.05 Å². The molecule has 2 bridgehead atoms. The first-order valence-corrected chi connectivity index (χ1v) is 12.5. The van der Waals surface area contributed by atoms with Crippen molar-refractivity contribution in [3.05, 3.63) is 36.1 Å². The molecule has 0 aliphatic carbocycles. The fraction of sp³-hybridized carbons (Fsp3) is 0.600. The van der Waals surface area contributed by atoms with Gasteiger partial charge < -0.3 is 15.1 Å². The Labute approximate surface area is 187 Å². The Balaban J connectivity index is 1.32. The molecule has 0 amide bonds. The zero-order valence-electron chi connectivity index (χ0n) is 18.2. The summed E-state index contributed by atoms with van der Waals surface area (Å²) in [6.07, 6.45) is 8.69. The Morgan fingerprint density at radius 2 is 2.00 bits per heavy atom. The van der Waals surface area contributed by atoms with E-state index in [4.69, 9.17) is 11.6 Å². The molecule has 0 spiro atoms. The minimum Gasteiger partial charge on any atom is -0.353 e. The molecule has 3 fully saturated rings. The number of hydrogen-bond donors (Lipinski definition) is 1. The van der Waals surface area contributed by atoms with Crippen LogP contribution in [0.1, 0.15) is 12.8 Å². The molecule has 170 valence electrons. The highest BCUT2D eigenvalue weighted by Gasteiger charge is 2.59. The van der Waals surface area contributed by atoms with Crippen LogP contribution in [-0.4, -0.2) is 94.0 Å². The third-order valence-electron chi connectivity index (χ3n) is 6.74. The molecule has 0 saturated carbocycles. The number of anilines is 3. The first-order valence-electron chi connectivity index (χ1n) is 10.7. The van der Waals surface area contributed by atoms with E-state index in [0.29, 0.717) is 25.6 Å². The maximum Gasteiger partial charge on any atom is 0.235 e. The average molecular weight is 458 g/mol. The van der Waals surface area contributed by atoms with Crippen molar-refractivity contribution in [1.82, 2.24) is 29.0 Å². The largest absolute Gasteiger partial charge is 0.353 e. The van der Waals surface area contributed by atoms with Crippen LogP contribution in [0.25, 0.3) is 4.85 Å². The van der Waals surface area contributed by atoms with Crippen LogP contribution in [0.4, 0.5) is 17.5 Å². The molecule has 2 atom stereocenters. The summed E-state index contributed by atoms with van der Waals surface area (Å²) >= 11 is 0. The Hall–Kier alpha value is -2.75. The summed E-state index contributed by atoms with van der Waals surface area (Å²) in [6, 6.07) is 2.48. The van der Waals surface area contributed by atoms with Crippen molar-refractivity contribution in [1.29, 1.82) is 0 Å². The van der Waals surface area contributed by atoms with Gasteiger partial charge in [0.25, 0.3) is 0 Å². The van der Waals surface area contributed by atoms with E-state index < -0.39 is 10.0 Å². The quantitative estimate of drug-likeness (QED) is 0.627. The topological polar surface area (TPSA) is 104 Å². The predicted molar refractivity (Wildman–Crippen MR) is 120 cm³/mol. The molecule has 1 N–H and O–H groups in total.